The molecule has 6 heteroatoms. The standard InChI is InChI=1S/C17H20N4O2/c18-6-2-1-3-7-19-11-14-12-20-21-17(14)13-4-5-15-16(10-13)23-9-8-22-15/h4-5,10,12,19H,1-3,7-9,11H2,(H,20,21). The number of nitrogens with zero attached hydrogens (tertiary/aromatic N) is 2. The molecule has 2 N–H and O–H groups in total. The fourth-order valence-electron chi connectivity index (χ4n) is 2.57. The molecule has 0 unspecified atom stereocenters. The summed E-state index contributed by atoms with van der Waals surface area (Å²) in [5, 5.41) is 19.1. The van der Waals surface area contributed by atoms with Gasteiger partial charge in [0.2, 0.25) is 0 Å². The molecule has 0 saturated heterocycles. The molecule has 0 atom stereocenters. The molecule has 1 aliphatic heterocycles. The number of nitriles is 1. The molecule has 23 heavy (non-hydrogen) atoms. The maximum Gasteiger partial charge on any atom is 0.162 e. The van der Waals surface area contributed by atoms with Crippen LogP contribution in [0.4, 0.5) is 0 Å². The van der Waals surface area contributed by atoms with E-state index in [4.69, 9.17) is 14.7 Å². The van der Waals surface area contributed by atoms with E-state index in [0.717, 1.165) is 54.3 Å². The molecule has 0 saturated carbocycles. The fraction of sp³-hybridized carbons (Fsp3) is 0.412. The lowest BCUT2D eigenvalue weighted by Gasteiger charge is -2.18. The Morgan fingerprint density at radius 1 is 1.22 bits per heavy atom. The second-order valence-electron chi connectivity index (χ2n) is 5.42. The number of nitrogens with one attached hydrogen (secondary N) is 2. The number of hydrogen-bond acceptors (Lipinski definition) is 5. The van der Waals surface area contributed by atoms with Crippen molar-refractivity contribution in [2.75, 3.05) is 19.8 Å². The maximum atomic E-state index is 8.52. The van der Waals surface area contributed by atoms with Crippen LogP contribution in [-0.2, 0) is 6.54 Å². The summed E-state index contributed by atoms with van der Waals surface area (Å²) in [5.41, 5.74) is 3.14. The number of fused-ring (bicyclic) bond motifs is 1. The first-order valence-corrected chi connectivity index (χ1v) is 7.88. The number of aromatic amines is 1. The highest BCUT2D eigenvalue weighted by molar-refractivity contribution is 5.66. The van der Waals surface area contributed by atoms with Crippen molar-refractivity contribution in [1.82, 2.24) is 15.5 Å². The second kappa shape index (κ2) is 7.65. The summed E-state index contributed by atoms with van der Waals surface area (Å²) >= 11 is 0. The Morgan fingerprint density at radius 2 is 2.09 bits per heavy atom. The zero-order chi connectivity index (χ0) is 15.9. The molecule has 0 radical (unpaired) electrons. The third-order valence-electron chi connectivity index (χ3n) is 3.76. The van der Waals surface area contributed by atoms with Crippen molar-refractivity contribution in [1.29, 1.82) is 5.26 Å². The Morgan fingerprint density at radius 3 is 2.96 bits per heavy atom. The minimum absolute atomic E-state index is 0.580. The predicted octanol–water partition coefficient (Wildman–Crippen LogP) is 2.63. The van der Waals surface area contributed by atoms with Gasteiger partial charge in [0.1, 0.15) is 13.2 Å². The third kappa shape index (κ3) is 3.82. The largest absolute Gasteiger partial charge is 0.486 e. The summed E-state index contributed by atoms with van der Waals surface area (Å²) in [6.07, 6.45) is 4.40. The van der Waals surface area contributed by atoms with Gasteiger partial charge in [0.25, 0.3) is 0 Å². The molecular formula is C17H20N4O2. The molecule has 0 fully saturated rings. The molecule has 0 amide bonds. The minimum Gasteiger partial charge on any atom is -0.486 e. The van der Waals surface area contributed by atoms with Crippen molar-refractivity contribution in [3.8, 4) is 28.8 Å². The fourth-order valence-corrected chi connectivity index (χ4v) is 2.57. The van der Waals surface area contributed by atoms with E-state index in [1.165, 1.54) is 0 Å². The van der Waals surface area contributed by atoms with Crippen molar-refractivity contribution in [2.45, 2.75) is 25.8 Å². The highest BCUT2D eigenvalue weighted by atomic mass is 16.6. The summed E-state index contributed by atoms with van der Waals surface area (Å²) in [7, 11) is 0. The molecule has 1 aliphatic rings. The van der Waals surface area contributed by atoms with Crippen LogP contribution in [0.25, 0.3) is 11.3 Å². The van der Waals surface area contributed by atoms with E-state index in [1.54, 1.807) is 0 Å². The number of ether oxygens (including phenoxy) is 2. The Balaban J connectivity index is 1.63. The first-order chi connectivity index (χ1) is 11.4. The summed E-state index contributed by atoms with van der Waals surface area (Å²) < 4.78 is 11.2. The molecule has 2 aromatic rings. The molecule has 1 aromatic carbocycles. The number of benzene rings is 1. The average molecular weight is 312 g/mol. The lowest BCUT2D eigenvalue weighted by Crippen LogP contribution is -2.15. The van der Waals surface area contributed by atoms with E-state index >= 15 is 0 Å². The molecular weight excluding hydrogens is 292 g/mol. The number of aromatic nitrogens is 2. The van der Waals surface area contributed by atoms with Gasteiger partial charge in [-0.1, -0.05) is 0 Å². The zero-order valence-electron chi connectivity index (χ0n) is 13.0. The molecule has 3 rings (SSSR count). The van der Waals surface area contributed by atoms with Crippen molar-refractivity contribution >= 4 is 0 Å². The molecule has 0 spiro atoms. The van der Waals surface area contributed by atoms with Gasteiger partial charge in [-0.25, -0.2) is 0 Å². The molecule has 1 aromatic heterocycles. The first kappa shape index (κ1) is 15.4. The Kier molecular flexibility index (Phi) is 5.12. The van der Waals surface area contributed by atoms with Crippen LogP contribution < -0.4 is 14.8 Å². The Bertz CT molecular complexity index is 690. The van der Waals surface area contributed by atoms with E-state index in [2.05, 4.69) is 21.6 Å². The third-order valence-corrected chi connectivity index (χ3v) is 3.76. The number of unbranched alkanes of at least 4 members (excludes halogenated alkanes) is 2. The summed E-state index contributed by atoms with van der Waals surface area (Å²) in [6.45, 7) is 2.81. The van der Waals surface area contributed by atoms with E-state index < -0.39 is 0 Å². The molecule has 0 bridgehead atoms. The Hall–Kier alpha value is -2.52. The molecule has 2 heterocycles. The molecule has 6 nitrogen and oxygen atoms in total. The van der Waals surface area contributed by atoms with Crippen LogP contribution in [0.1, 0.15) is 24.8 Å². The van der Waals surface area contributed by atoms with Crippen molar-refractivity contribution in [3.05, 3.63) is 30.0 Å². The zero-order valence-corrected chi connectivity index (χ0v) is 13.0. The van der Waals surface area contributed by atoms with Crippen LogP contribution in [-0.4, -0.2) is 30.0 Å². The van der Waals surface area contributed by atoms with Gasteiger partial charge in [-0.05, 0) is 37.6 Å². The number of H-pyrrole nitrogens is 1. The van der Waals surface area contributed by atoms with Gasteiger partial charge in [-0.2, -0.15) is 10.4 Å². The predicted molar refractivity (Wildman–Crippen MR) is 86.2 cm³/mol. The average Bonchev–Trinajstić information content (AvgIpc) is 3.06. The summed E-state index contributed by atoms with van der Waals surface area (Å²) in [5.74, 6) is 1.57. The van der Waals surface area contributed by atoms with Crippen molar-refractivity contribution in [3.63, 3.8) is 0 Å². The van der Waals surface area contributed by atoms with Gasteiger partial charge < -0.3 is 14.8 Å². The SMILES string of the molecule is N#CCCCCNCc1cn[nH]c1-c1ccc2c(c1)OCCO2. The van der Waals surface area contributed by atoms with E-state index in [0.29, 0.717) is 19.6 Å². The van der Waals surface area contributed by atoms with Crippen molar-refractivity contribution < 1.29 is 9.47 Å². The quantitative estimate of drug-likeness (QED) is 0.768. The van der Waals surface area contributed by atoms with Crippen molar-refractivity contribution in [2.24, 2.45) is 0 Å². The lowest BCUT2D eigenvalue weighted by molar-refractivity contribution is 0.171. The smallest absolute Gasteiger partial charge is 0.162 e. The van der Waals surface area contributed by atoms with Crippen LogP contribution in [0.5, 0.6) is 11.5 Å². The first-order valence-electron chi connectivity index (χ1n) is 7.88. The minimum atomic E-state index is 0.580. The number of hydrogen-bond donors (Lipinski definition) is 2. The van der Waals surface area contributed by atoms with Crippen LogP contribution in [0, 0.1) is 11.3 Å². The summed E-state index contributed by atoms with van der Waals surface area (Å²) in [4.78, 5) is 0. The maximum absolute atomic E-state index is 8.52. The monoisotopic (exact) mass is 312 g/mol. The normalized spacial score (nSPS) is 12.8. The van der Waals surface area contributed by atoms with Crippen LogP contribution >= 0.6 is 0 Å². The topological polar surface area (TPSA) is 83.0 Å². The van der Waals surface area contributed by atoms with Gasteiger partial charge in [0, 0.05) is 24.1 Å². The van der Waals surface area contributed by atoms with E-state index in [-0.39, 0.29) is 0 Å². The summed E-state index contributed by atoms with van der Waals surface area (Å²) in [6, 6.07) is 8.09. The van der Waals surface area contributed by atoms with Gasteiger partial charge in [0.15, 0.2) is 11.5 Å². The Labute approximate surface area is 135 Å². The van der Waals surface area contributed by atoms with Crippen LogP contribution in [0.3, 0.4) is 0 Å². The van der Waals surface area contributed by atoms with E-state index in [1.807, 2.05) is 24.4 Å². The molecule has 0 aliphatic carbocycles. The highest BCUT2D eigenvalue weighted by Crippen LogP contribution is 2.34. The molecule has 120 valence electrons. The van der Waals surface area contributed by atoms with Gasteiger partial charge in [0.05, 0.1) is 18.0 Å². The second-order valence-corrected chi connectivity index (χ2v) is 5.42. The van der Waals surface area contributed by atoms with Crippen LogP contribution in [0.15, 0.2) is 24.4 Å². The number of rotatable bonds is 7. The van der Waals surface area contributed by atoms with Gasteiger partial charge in [-0.15, -0.1) is 0 Å². The highest BCUT2D eigenvalue weighted by Gasteiger charge is 2.14. The van der Waals surface area contributed by atoms with Gasteiger partial charge in [-0.3, -0.25) is 5.10 Å². The lowest BCUT2D eigenvalue weighted by atomic mass is 10.1. The van der Waals surface area contributed by atoms with Crippen LogP contribution in [0.2, 0.25) is 0 Å². The van der Waals surface area contributed by atoms with E-state index in [9.17, 15) is 0 Å². The van der Waals surface area contributed by atoms with Gasteiger partial charge >= 0.3 is 0 Å².